The number of piperidine rings is 1. The third-order valence-corrected chi connectivity index (χ3v) is 5.01. The van der Waals surface area contributed by atoms with Crippen LogP contribution in [0.2, 0.25) is 0 Å². The number of carbonyl (C=O) groups excluding carboxylic acids is 1. The molecule has 3 rings (SSSR count). The zero-order valence-electron chi connectivity index (χ0n) is 14.7. The molecule has 0 bridgehead atoms. The SMILES string of the molecule is CC1(c2ccc(N/C=C3/C=CC(F)=C(C(N)=O)C3=N)cc2)CCCNC1. The summed E-state index contributed by atoms with van der Waals surface area (Å²) in [6.07, 6.45) is 6.49. The summed E-state index contributed by atoms with van der Waals surface area (Å²) in [4.78, 5) is 11.3. The van der Waals surface area contributed by atoms with Gasteiger partial charge in [-0.25, -0.2) is 4.39 Å². The summed E-state index contributed by atoms with van der Waals surface area (Å²) in [6, 6.07) is 8.16. The summed E-state index contributed by atoms with van der Waals surface area (Å²) >= 11 is 0. The summed E-state index contributed by atoms with van der Waals surface area (Å²) in [6.45, 7) is 4.31. The van der Waals surface area contributed by atoms with Gasteiger partial charge in [0, 0.05) is 29.4 Å². The quantitative estimate of drug-likeness (QED) is 0.670. The molecule has 0 spiro atoms. The van der Waals surface area contributed by atoms with Crippen LogP contribution in [0.4, 0.5) is 10.1 Å². The van der Waals surface area contributed by atoms with E-state index >= 15 is 0 Å². The molecule has 6 heteroatoms. The van der Waals surface area contributed by atoms with Crippen LogP contribution >= 0.6 is 0 Å². The fourth-order valence-corrected chi connectivity index (χ4v) is 3.39. The van der Waals surface area contributed by atoms with E-state index in [0.29, 0.717) is 5.57 Å². The van der Waals surface area contributed by atoms with Crippen molar-refractivity contribution < 1.29 is 9.18 Å². The summed E-state index contributed by atoms with van der Waals surface area (Å²) in [5, 5.41) is 14.5. The van der Waals surface area contributed by atoms with Gasteiger partial charge in [-0.2, -0.15) is 0 Å². The Morgan fingerprint density at radius 2 is 2.08 bits per heavy atom. The molecular weight excluding hydrogens is 331 g/mol. The first-order valence-electron chi connectivity index (χ1n) is 8.66. The highest BCUT2D eigenvalue weighted by molar-refractivity contribution is 6.28. The molecule has 1 atom stereocenters. The lowest BCUT2D eigenvalue weighted by atomic mass is 9.76. The number of carbonyl (C=O) groups is 1. The Morgan fingerprint density at radius 3 is 2.69 bits per heavy atom. The number of hydrogen-bond acceptors (Lipinski definition) is 4. The standard InChI is InChI=1S/C20H23FN4O/c1-20(9-2-10-24-12-20)14-4-6-15(7-5-14)25-11-13-3-8-16(21)17(18(13)22)19(23)26/h3-8,11,22,24-25H,2,9-10,12H2,1H3,(H2,23,26)/b13-11-,22-18?. The van der Waals surface area contributed by atoms with Gasteiger partial charge in [-0.05, 0) is 49.2 Å². The maximum atomic E-state index is 13.6. The molecule has 5 nitrogen and oxygen atoms in total. The van der Waals surface area contributed by atoms with E-state index in [1.807, 2.05) is 12.1 Å². The van der Waals surface area contributed by atoms with Crippen molar-refractivity contribution in [3.05, 3.63) is 65.2 Å². The van der Waals surface area contributed by atoms with Crippen LogP contribution in [0.5, 0.6) is 0 Å². The topological polar surface area (TPSA) is 91.0 Å². The Bertz CT molecular complexity index is 815. The molecule has 1 amide bonds. The van der Waals surface area contributed by atoms with Gasteiger partial charge in [-0.1, -0.05) is 19.1 Å². The third kappa shape index (κ3) is 3.60. The van der Waals surface area contributed by atoms with Crippen LogP contribution in [0, 0.1) is 5.41 Å². The molecule has 1 aromatic rings. The van der Waals surface area contributed by atoms with E-state index in [1.54, 1.807) is 6.20 Å². The molecule has 1 heterocycles. The number of benzene rings is 1. The lowest BCUT2D eigenvalue weighted by Crippen LogP contribution is -2.41. The smallest absolute Gasteiger partial charge is 0.253 e. The van der Waals surface area contributed by atoms with Crippen molar-refractivity contribution in [1.82, 2.24) is 5.32 Å². The number of hydrogen-bond donors (Lipinski definition) is 4. The second kappa shape index (κ2) is 7.25. The first kappa shape index (κ1) is 18.1. The van der Waals surface area contributed by atoms with Gasteiger partial charge in [-0.15, -0.1) is 0 Å². The van der Waals surface area contributed by atoms with Crippen molar-refractivity contribution in [3.63, 3.8) is 0 Å². The van der Waals surface area contributed by atoms with Gasteiger partial charge in [0.15, 0.2) is 0 Å². The molecule has 26 heavy (non-hydrogen) atoms. The van der Waals surface area contributed by atoms with Crippen LogP contribution < -0.4 is 16.4 Å². The minimum atomic E-state index is -0.943. The average Bonchev–Trinajstić information content (AvgIpc) is 2.62. The zero-order chi connectivity index (χ0) is 18.7. The number of nitrogens with one attached hydrogen (secondary N) is 3. The fourth-order valence-electron chi connectivity index (χ4n) is 3.39. The van der Waals surface area contributed by atoms with Crippen LogP contribution in [0.25, 0.3) is 0 Å². The molecule has 1 saturated heterocycles. The van der Waals surface area contributed by atoms with Gasteiger partial charge in [0.25, 0.3) is 5.91 Å². The van der Waals surface area contributed by atoms with Crippen molar-refractivity contribution in [2.45, 2.75) is 25.2 Å². The van der Waals surface area contributed by atoms with Gasteiger partial charge in [0.2, 0.25) is 0 Å². The van der Waals surface area contributed by atoms with Crippen LogP contribution in [0.3, 0.4) is 0 Å². The van der Waals surface area contributed by atoms with Crippen molar-refractivity contribution >= 4 is 17.3 Å². The van der Waals surface area contributed by atoms with Crippen LogP contribution in [-0.2, 0) is 10.2 Å². The summed E-state index contributed by atoms with van der Waals surface area (Å²) in [5.41, 5.74) is 7.21. The van der Waals surface area contributed by atoms with Gasteiger partial charge in [-0.3, -0.25) is 10.2 Å². The predicted molar refractivity (Wildman–Crippen MR) is 102 cm³/mol. The molecule has 5 N–H and O–H groups in total. The molecule has 0 radical (unpaired) electrons. The number of allylic oxidation sites excluding steroid dienone is 4. The molecule has 136 valence electrons. The van der Waals surface area contributed by atoms with E-state index in [9.17, 15) is 9.18 Å². The number of primary amides is 1. The second-order valence-electron chi connectivity index (χ2n) is 6.96. The van der Waals surface area contributed by atoms with Gasteiger partial charge in [0.1, 0.15) is 11.4 Å². The first-order chi connectivity index (χ1) is 12.4. The largest absolute Gasteiger partial charge is 0.365 e. The Hall–Kier alpha value is -2.73. The van der Waals surface area contributed by atoms with E-state index in [2.05, 4.69) is 29.7 Å². The van der Waals surface area contributed by atoms with E-state index in [0.717, 1.165) is 31.3 Å². The van der Waals surface area contributed by atoms with Crippen molar-refractivity contribution in [3.8, 4) is 0 Å². The summed E-state index contributed by atoms with van der Waals surface area (Å²) in [7, 11) is 0. The van der Waals surface area contributed by atoms with E-state index in [1.165, 1.54) is 18.1 Å². The lowest BCUT2D eigenvalue weighted by molar-refractivity contribution is -0.114. The number of anilines is 1. The first-order valence-corrected chi connectivity index (χ1v) is 8.66. The highest BCUT2D eigenvalue weighted by Gasteiger charge is 2.28. The molecule has 0 saturated carbocycles. The molecule has 1 fully saturated rings. The maximum absolute atomic E-state index is 13.6. The van der Waals surface area contributed by atoms with Crippen molar-refractivity contribution in [2.24, 2.45) is 5.73 Å². The Balaban J connectivity index is 1.72. The maximum Gasteiger partial charge on any atom is 0.253 e. The monoisotopic (exact) mass is 354 g/mol. The van der Waals surface area contributed by atoms with Gasteiger partial charge in [0.05, 0.1) is 5.71 Å². The molecule has 1 aromatic carbocycles. The highest BCUT2D eigenvalue weighted by Crippen LogP contribution is 2.31. The third-order valence-electron chi connectivity index (χ3n) is 5.01. The van der Waals surface area contributed by atoms with Crippen LogP contribution in [0.15, 0.2) is 59.6 Å². The Morgan fingerprint density at radius 1 is 1.35 bits per heavy atom. The molecular formula is C20H23FN4O. The Labute approximate surface area is 152 Å². The predicted octanol–water partition coefficient (Wildman–Crippen LogP) is 2.92. The minimum Gasteiger partial charge on any atom is -0.365 e. The summed E-state index contributed by atoms with van der Waals surface area (Å²) in [5.74, 6) is -1.72. The lowest BCUT2D eigenvalue weighted by Gasteiger charge is -2.34. The number of nitrogens with two attached hydrogens (primary N) is 1. The number of amides is 1. The normalized spacial score (nSPS) is 24.8. The van der Waals surface area contributed by atoms with Crippen molar-refractivity contribution in [1.29, 1.82) is 5.41 Å². The fraction of sp³-hybridized carbons (Fsp3) is 0.300. The highest BCUT2D eigenvalue weighted by atomic mass is 19.1. The van der Waals surface area contributed by atoms with Gasteiger partial charge >= 0.3 is 0 Å². The summed E-state index contributed by atoms with van der Waals surface area (Å²) < 4.78 is 13.6. The average molecular weight is 354 g/mol. The van der Waals surface area contributed by atoms with E-state index < -0.39 is 17.3 Å². The molecule has 1 aliphatic heterocycles. The van der Waals surface area contributed by atoms with E-state index in [4.69, 9.17) is 11.1 Å². The number of rotatable bonds is 4. The second-order valence-corrected chi connectivity index (χ2v) is 6.96. The zero-order valence-corrected chi connectivity index (χ0v) is 14.7. The molecule has 2 aliphatic rings. The molecule has 1 aliphatic carbocycles. The van der Waals surface area contributed by atoms with Gasteiger partial charge < -0.3 is 16.4 Å². The number of halogens is 1. The van der Waals surface area contributed by atoms with E-state index in [-0.39, 0.29) is 11.1 Å². The minimum absolute atomic E-state index is 0.141. The van der Waals surface area contributed by atoms with Crippen LogP contribution in [-0.4, -0.2) is 24.7 Å². The van der Waals surface area contributed by atoms with Crippen LogP contribution in [0.1, 0.15) is 25.3 Å². The molecule has 1 unspecified atom stereocenters. The Kier molecular flexibility index (Phi) is 5.04. The molecule has 0 aromatic heterocycles. The van der Waals surface area contributed by atoms with Crippen molar-refractivity contribution in [2.75, 3.05) is 18.4 Å².